The van der Waals surface area contributed by atoms with Crippen LogP contribution in [0.4, 0.5) is 5.69 Å². The van der Waals surface area contributed by atoms with Crippen LogP contribution in [0.2, 0.25) is 5.02 Å². The van der Waals surface area contributed by atoms with Crippen LogP contribution in [-0.2, 0) is 4.74 Å². The highest BCUT2D eigenvalue weighted by Gasteiger charge is 2.20. The quantitative estimate of drug-likeness (QED) is 0.882. The van der Waals surface area contributed by atoms with Crippen molar-refractivity contribution in [1.29, 1.82) is 0 Å². The monoisotopic (exact) mass is 255 g/mol. The number of benzene rings is 1. The number of aliphatic hydroxyl groups is 1. The van der Waals surface area contributed by atoms with Gasteiger partial charge in [-0.3, -0.25) is 0 Å². The summed E-state index contributed by atoms with van der Waals surface area (Å²) >= 11 is 6.17. The molecule has 0 bridgehead atoms. The van der Waals surface area contributed by atoms with E-state index in [4.69, 9.17) is 16.3 Å². The number of ether oxygens (including phenoxy) is 1. The molecule has 0 amide bonds. The van der Waals surface area contributed by atoms with E-state index in [9.17, 15) is 5.11 Å². The number of halogens is 1. The maximum Gasteiger partial charge on any atom is 0.0776 e. The van der Waals surface area contributed by atoms with Crippen LogP contribution in [0.15, 0.2) is 18.2 Å². The number of nitrogens with zero attached hydrogens (tertiary/aromatic N) is 1. The van der Waals surface area contributed by atoms with Crippen LogP contribution in [0.1, 0.15) is 25.5 Å². The maximum absolute atomic E-state index is 9.54. The first-order chi connectivity index (χ1) is 8.09. The molecule has 94 valence electrons. The molecule has 0 radical (unpaired) electrons. The average molecular weight is 256 g/mol. The predicted molar refractivity (Wildman–Crippen MR) is 69.7 cm³/mol. The van der Waals surface area contributed by atoms with Crippen molar-refractivity contribution in [3.8, 4) is 0 Å². The minimum absolute atomic E-state index is 0.359. The molecule has 2 atom stereocenters. The second-order valence-corrected chi connectivity index (χ2v) is 4.91. The molecule has 0 aliphatic carbocycles. The number of anilines is 1. The zero-order chi connectivity index (χ0) is 12.4. The van der Waals surface area contributed by atoms with Gasteiger partial charge in [0.15, 0.2) is 0 Å². The molecule has 4 heteroatoms. The van der Waals surface area contributed by atoms with Crippen LogP contribution in [-0.4, -0.2) is 30.9 Å². The molecule has 0 aromatic heterocycles. The first kappa shape index (κ1) is 12.7. The van der Waals surface area contributed by atoms with Crippen molar-refractivity contribution in [1.82, 2.24) is 0 Å². The number of hydrogen-bond donors (Lipinski definition) is 1. The first-order valence-electron chi connectivity index (χ1n) is 5.91. The van der Waals surface area contributed by atoms with E-state index in [0.717, 1.165) is 31.0 Å². The maximum atomic E-state index is 9.54. The molecule has 1 saturated heterocycles. The molecule has 1 aliphatic rings. The summed E-state index contributed by atoms with van der Waals surface area (Å²) in [6, 6.07) is 6.18. The van der Waals surface area contributed by atoms with Crippen molar-refractivity contribution in [3.05, 3.63) is 28.8 Å². The van der Waals surface area contributed by atoms with E-state index in [1.54, 1.807) is 6.92 Å². The van der Waals surface area contributed by atoms with Gasteiger partial charge in [0.05, 0.1) is 19.3 Å². The summed E-state index contributed by atoms with van der Waals surface area (Å²) in [7, 11) is 0. The zero-order valence-electron chi connectivity index (χ0n) is 10.2. The van der Waals surface area contributed by atoms with E-state index in [0.29, 0.717) is 11.1 Å². The number of aliphatic hydroxyl groups excluding tert-OH is 1. The van der Waals surface area contributed by atoms with Crippen LogP contribution in [0.25, 0.3) is 0 Å². The van der Waals surface area contributed by atoms with Crippen molar-refractivity contribution in [2.24, 2.45) is 0 Å². The van der Waals surface area contributed by atoms with Crippen LogP contribution in [0, 0.1) is 0 Å². The topological polar surface area (TPSA) is 32.7 Å². The van der Waals surface area contributed by atoms with Gasteiger partial charge >= 0.3 is 0 Å². The lowest BCUT2D eigenvalue weighted by molar-refractivity contribution is 0.0989. The van der Waals surface area contributed by atoms with Gasteiger partial charge in [-0.1, -0.05) is 17.7 Å². The van der Waals surface area contributed by atoms with Gasteiger partial charge in [-0.05, 0) is 31.5 Å². The Balaban J connectivity index is 2.24. The molecule has 3 nitrogen and oxygen atoms in total. The molecule has 2 unspecified atom stereocenters. The van der Waals surface area contributed by atoms with Gasteiger partial charge in [0.1, 0.15) is 0 Å². The molecule has 1 aliphatic heterocycles. The second kappa shape index (κ2) is 5.25. The van der Waals surface area contributed by atoms with E-state index in [-0.39, 0.29) is 0 Å². The smallest absolute Gasteiger partial charge is 0.0776 e. The summed E-state index contributed by atoms with van der Waals surface area (Å²) in [5.74, 6) is 0. The largest absolute Gasteiger partial charge is 0.389 e. The third-order valence-electron chi connectivity index (χ3n) is 3.13. The molecule has 1 fully saturated rings. The van der Waals surface area contributed by atoms with Crippen LogP contribution in [0.3, 0.4) is 0 Å². The standard InChI is InChI=1S/C13H18ClNO2/c1-9-8-17-6-5-15(9)11-3-4-12(10(2)16)13(14)7-11/h3-4,7,9-10,16H,5-6,8H2,1-2H3. The van der Waals surface area contributed by atoms with E-state index < -0.39 is 6.10 Å². The van der Waals surface area contributed by atoms with Gasteiger partial charge < -0.3 is 14.7 Å². The normalized spacial score (nSPS) is 22.6. The van der Waals surface area contributed by atoms with Crippen LogP contribution in [0.5, 0.6) is 0 Å². The molecule has 2 rings (SSSR count). The summed E-state index contributed by atoms with van der Waals surface area (Å²) in [4.78, 5) is 2.28. The van der Waals surface area contributed by atoms with E-state index >= 15 is 0 Å². The number of morpholine rings is 1. The fourth-order valence-electron chi connectivity index (χ4n) is 2.14. The third kappa shape index (κ3) is 2.73. The molecule has 17 heavy (non-hydrogen) atoms. The lowest BCUT2D eigenvalue weighted by Gasteiger charge is -2.35. The van der Waals surface area contributed by atoms with Gasteiger partial charge in [-0.2, -0.15) is 0 Å². The Morgan fingerprint density at radius 3 is 2.88 bits per heavy atom. The molecular weight excluding hydrogens is 238 g/mol. The van der Waals surface area contributed by atoms with E-state index in [1.165, 1.54) is 0 Å². The summed E-state index contributed by atoms with van der Waals surface area (Å²) < 4.78 is 5.41. The molecule has 1 N–H and O–H groups in total. The minimum Gasteiger partial charge on any atom is -0.389 e. The lowest BCUT2D eigenvalue weighted by atomic mass is 10.1. The SMILES string of the molecule is CC(O)c1ccc(N2CCOCC2C)cc1Cl. The second-order valence-electron chi connectivity index (χ2n) is 4.50. The highest BCUT2D eigenvalue weighted by Crippen LogP contribution is 2.29. The molecule has 0 saturated carbocycles. The van der Waals surface area contributed by atoms with Crippen molar-refractivity contribution in [3.63, 3.8) is 0 Å². The average Bonchev–Trinajstić information content (AvgIpc) is 2.29. The Kier molecular flexibility index (Phi) is 3.92. The highest BCUT2D eigenvalue weighted by molar-refractivity contribution is 6.31. The fourth-order valence-corrected chi connectivity index (χ4v) is 2.48. The van der Waals surface area contributed by atoms with E-state index in [1.807, 2.05) is 18.2 Å². The van der Waals surface area contributed by atoms with Gasteiger partial charge in [0, 0.05) is 23.3 Å². The van der Waals surface area contributed by atoms with Crippen molar-refractivity contribution < 1.29 is 9.84 Å². The molecule has 0 spiro atoms. The number of rotatable bonds is 2. The van der Waals surface area contributed by atoms with Crippen molar-refractivity contribution in [2.75, 3.05) is 24.7 Å². The molecule has 1 heterocycles. The summed E-state index contributed by atoms with van der Waals surface area (Å²) in [5.41, 5.74) is 1.87. The molecule has 1 aromatic rings. The fraction of sp³-hybridized carbons (Fsp3) is 0.538. The van der Waals surface area contributed by atoms with Gasteiger partial charge in [-0.15, -0.1) is 0 Å². The Morgan fingerprint density at radius 2 is 2.29 bits per heavy atom. The zero-order valence-corrected chi connectivity index (χ0v) is 10.9. The van der Waals surface area contributed by atoms with Gasteiger partial charge in [0.2, 0.25) is 0 Å². The summed E-state index contributed by atoms with van der Waals surface area (Å²) in [5, 5.41) is 10.2. The van der Waals surface area contributed by atoms with Gasteiger partial charge in [-0.25, -0.2) is 0 Å². The Labute approximate surface area is 107 Å². The Bertz CT molecular complexity index is 395. The Morgan fingerprint density at radius 1 is 1.53 bits per heavy atom. The first-order valence-corrected chi connectivity index (χ1v) is 6.29. The Hall–Kier alpha value is -0.770. The molecular formula is C13H18ClNO2. The highest BCUT2D eigenvalue weighted by atomic mass is 35.5. The predicted octanol–water partition coefficient (Wildman–Crippen LogP) is 2.62. The lowest BCUT2D eigenvalue weighted by Crippen LogP contribution is -2.43. The third-order valence-corrected chi connectivity index (χ3v) is 3.46. The number of hydrogen-bond acceptors (Lipinski definition) is 3. The van der Waals surface area contributed by atoms with Gasteiger partial charge in [0.25, 0.3) is 0 Å². The van der Waals surface area contributed by atoms with Crippen LogP contribution >= 0.6 is 11.6 Å². The molecule has 1 aromatic carbocycles. The van der Waals surface area contributed by atoms with Crippen molar-refractivity contribution >= 4 is 17.3 Å². The minimum atomic E-state index is -0.529. The van der Waals surface area contributed by atoms with Crippen molar-refractivity contribution in [2.45, 2.75) is 26.0 Å². The summed E-state index contributed by atoms with van der Waals surface area (Å²) in [6.45, 7) is 6.23. The van der Waals surface area contributed by atoms with Crippen LogP contribution < -0.4 is 4.90 Å². The van der Waals surface area contributed by atoms with E-state index in [2.05, 4.69) is 11.8 Å². The summed E-state index contributed by atoms with van der Waals surface area (Å²) in [6.07, 6.45) is -0.529.